The van der Waals surface area contributed by atoms with E-state index in [1.165, 1.54) is 10.4 Å². The summed E-state index contributed by atoms with van der Waals surface area (Å²) in [6.07, 6.45) is 3.27. The van der Waals surface area contributed by atoms with E-state index >= 15 is 0 Å². The van der Waals surface area contributed by atoms with Crippen LogP contribution in [-0.4, -0.2) is 15.0 Å². The summed E-state index contributed by atoms with van der Waals surface area (Å²) in [6.45, 7) is 3.66. The van der Waals surface area contributed by atoms with E-state index in [2.05, 4.69) is 25.6 Å². The summed E-state index contributed by atoms with van der Waals surface area (Å²) < 4.78 is 5.83. The zero-order valence-corrected chi connectivity index (χ0v) is 16.6. The van der Waals surface area contributed by atoms with Gasteiger partial charge in [0, 0.05) is 29.3 Å². The molecule has 3 aromatic heterocycles. The van der Waals surface area contributed by atoms with E-state index in [0.717, 1.165) is 40.5 Å². The third-order valence-corrected chi connectivity index (χ3v) is 6.00. The summed E-state index contributed by atoms with van der Waals surface area (Å²) in [5.74, 6) is 2.01. The highest BCUT2D eigenvalue weighted by Crippen LogP contribution is 2.38. The summed E-state index contributed by atoms with van der Waals surface area (Å²) in [5, 5.41) is 8.34. The lowest BCUT2D eigenvalue weighted by molar-refractivity contribution is 0.480. The molecule has 0 spiro atoms. The molecule has 1 aromatic carbocycles. The highest BCUT2D eigenvalue weighted by Gasteiger charge is 2.21. The molecule has 28 heavy (non-hydrogen) atoms. The molecule has 0 amide bonds. The highest BCUT2D eigenvalue weighted by molar-refractivity contribution is 7.19. The zero-order chi connectivity index (χ0) is 19.1. The first kappa shape index (κ1) is 17.4. The SMILES string of the molecule is Cc1ccc(Oc2ccc(Nc3ncnc4sc5c(c34)CNC5)cc2Cl)cn1. The van der Waals surface area contributed by atoms with Crippen LogP contribution in [0.5, 0.6) is 11.5 Å². The first-order valence-electron chi connectivity index (χ1n) is 8.80. The molecule has 6 nitrogen and oxygen atoms in total. The Labute approximate surface area is 170 Å². The van der Waals surface area contributed by atoms with Crippen LogP contribution in [0.3, 0.4) is 0 Å². The number of nitrogens with one attached hydrogen (secondary N) is 2. The van der Waals surface area contributed by atoms with E-state index in [4.69, 9.17) is 16.3 Å². The number of nitrogens with zero attached hydrogens (tertiary/aromatic N) is 3. The molecule has 2 N–H and O–H groups in total. The second-order valence-electron chi connectivity index (χ2n) is 6.52. The number of aryl methyl sites for hydroxylation is 1. The molecule has 0 unspecified atom stereocenters. The zero-order valence-electron chi connectivity index (χ0n) is 15.0. The predicted molar refractivity (Wildman–Crippen MR) is 112 cm³/mol. The summed E-state index contributed by atoms with van der Waals surface area (Å²) in [7, 11) is 0. The number of pyridine rings is 1. The molecule has 4 aromatic rings. The number of hydrogen-bond acceptors (Lipinski definition) is 7. The fraction of sp³-hybridized carbons (Fsp3) is 0.150. The van der Waals surface area contributed by atoms with Crippen molar-refractivity contribution in [1.82, 2.24) is 20.3 Å². The van der Waals surface area contributed by atoms with Gasteiger partial charge in [0.15, 0.2) is 0 Å². The fourth-order valence-corrected chi connectivity index (χ4v) is 4.55. The van der Waals surface area contributed by atoms with Crippen LogP contribution < -0.4 is 15.4 Å². The summed E-state index contributed by atoms with van der Waals surface area (Å²) in [4.78, 5) is 15.4. The Bertz CT molecular complexity index is 1180. The van der Waals surface area contributed by atoms with Gasteiger partial charge in [0.25, 0.3) is 0 Å². The van der Waals surface area contributed by atoms with Gasteiger partial charge < -0.3 is 15.4 Å². The van der Waals surface area contributed by atoms with Crippen molar-refractivity contribution in [2.45, 2.75) is 20.0 Å². The van der Waals surface area contributed by atoms with E-state index in [1.54, 1.807) is 23.9 Å². The topological polar surface area (TPSA) is 72.0 Å². The molecule has 8 heteroatoms. The van der Waals surface area contributed by atoms with Crippen molar-refractivity contribution in [1.29, 1.82) is 0 Å². The van der Waals surface area contributed by atoms with Crippen LogP contribution >= 0.6 is 22.9 Å². The predicted octanol–water partition coefficient (Wildman–Crippen LogP) is 5.19. The van der Waals surface area contributed by atoms with Crippen LogP contribution in [0.4, 0.5) is 11.5 Å². The summed E-state index contributed by atoms with van der Waals surface area (Å²) >= 11 is 8.15. The number of anilines is 2. The van der Waals surface area contributed by atoms with Gasteiger partial charge in [-0.1, -0.05) is 11.6 Å². The highest BCUT2D eigenvalue weighted by atomic mass is 35.5. The van der Waals surface area contributed by atoms with Gasteiger partial charge in [-0.05, 0) is 42.8 Å². The molecule has 4 heterocycles. The maximum absolute atomic E-state index is 6.44. The molecule has 1 aliphatic heterocycles. The van der Waals surface area contributed by atoms with Gasteiger partial charge in [-0.25, -0.2) is 9.97 Å². The van der Waals surface area contributed by atoms with Crippen molar-refractivity contribution < 1.29 is 4.74 Å². The van der Waals surface area contributed by atoms with Gasteiger partial charge in [-0.2, -0.15) is 0 Å². The van der Waals surface area contributed by atoms with Crippen LogP contribution in [0, 0.1) is 6.92 Å². The van der Waals surface area contributed by atoms with Crippen LogP contribution in [0.15, 0.2) is 42.9 Å². The van der Waals surface area contributed by atoms with Crippen LogP contribution in [0.1, 0.15) is 16.1 Å². The van der Waals surface area contributed by atoms with Crippen LogP contribution in [0.25, 0.3) is 10.2 Å². The molecule has 0 saturated carbocycles. The van der Waals surface area contributed by atoms with E-state index in [-0.39, 0.29) is 0 Å². The normalized spacial score (nSPS) is 12.9. The first-order valence-corrected chi connectivity index (χ1v) is 10.00. The number of fused-ring (bicyclic) bond motifs is 3. The Hall–Kier alpha value is -2.74. The monoisotopic (exact) mass is 409 g/mol. The largest absolute Gasteiger partial charge is 0.454 e. The third-order valence-electron chi connectivity index (χ3n) is 4.56. The Morgan fingerprint density at radius 1 is 1.14 bits per heavy atom. The maximum atomic E-state index is 6.44. The number of halogens is 1. The average molecular weight is 410 g/mol. The lowest BCUT2D eigenvalue weighted by Gasteiger charge is -2.11. The minimum Gasteiger partial charge on any atom is -0.454 e. The summed E-state index contributed by atoms with van der Waals surface area (Å²) in [5.41, 5.74) is 3.05. The second kappa shape index (κ2) is 7.01. The number of aromatic nitrogens is 3. The Morgan fingerprint density at radius 3 is 2.89 bits per heavy atom. The molecule has 5 rings (SSSR count). The molecular weight excluding hydrogens is 394 g/mol. The Morgan fingerprint density at radius 2 is 2.07 bits per heavy atom. The molecule has 0 radical (unpaired) electrons. The molecule has 0 atom stereocenters. The van der Waals surface area contributed by atoms with Gasteiger partial charge in [0.2, 0.25) is 0 Å². The quantitative estimate of drug-likeness (QED) is 0.483. The van der Waals surface area contributed by atoms with Crippen molar-refractivity contribution in [3.05, 3.63) is 64.0 Å². The molecule has 0 bridgehead atoms. The van der Waals surface area contributed by atoms with Crippen LogP contribution in [0.2, 0.25) is 5.02 Å². The fourth-order valence-electron chi connectivity index (χ4n) is 3.20. The number of rotatable bonds is 4. The Kier molecular flexibility index (Phi) is 4.35. The van der Waals surface area contributed by atoms with E-state index in [1.807, 2.05) is 37.3 Å². The first-order chi connectivity index (χ1) is 13.7. The minimum atomic E-state index is 0.507. The smallest absolute Gasteiger partial charge is 0.146 e. The molecule has 1 aliphatic rings. The van der Waals surface area contributed by atoms with Crippen molar-refractivity contribution in [3.8, 4) is 11.5 Å². The second-order valence-corrected chi connectivity index (χ2v) is 8.01. The Balaban J connectivity index is 1.43. The lowest BCUT2D eigenvalue weighted by Crippen LogP contribution is -2.02. The van der Waals surface area contributed by atoms with Crippen LogP contribution in [-0.2, 0) is 13.1 Å². The van der Waals surface area contributed by atoms with E-state index in [0.29, 0.717) is 16.5 Å². The van der Waals surface area contributed by atoms with Crippen molar-refractivity contribution in [2.24, 2.45) is 0 Å². The molecule has 0 saturated heterocycles. The molecule has 140 valence electrons. The lowest BCUT2D eigenvalue weighted by atomic mass is 10.2. The number of hydrogen-bond donors (Lipinski definition) is 2. The van der Waals surface area contributed by atoms with Gasteiger partial charge in [-0.3, -0.25) is 4.98 Å². The van der Waals surface area contributed by atoms with Gasteiger partial charge in [0.05, 0.1) is 16.6 Å². The van der Waals surface area contributed by atoms with Gasteiger partial charge in [-0.15, -0.1) is 11.3 Å². The van der Waals surface area contributed by atoms with Crippen molar-refractivity contribution in [2.75, 3.05) is 5.32 Å². The summed E-state index contributed by atoms with van der Waals surface area (Å²) in [6, 6.07) is 9.35. The maximum Gasteiger partial charge on any atom is 0.146 e. The minimum absolute atomic E-state index is 0.507. The molecular formula is C20H16ClN5OS. The standard InChI is InChI=1S/C20H16ClN5OS/c1-11-2-4-13(7-23-11)27-16-5-3-12(6-15(16)21)26-19-18-14-8-22-9-17(14)28-20(18)25-10-24-19/h2-7,10,22H,8-9H2,1H3,(H,24,25,26). The van der Waals surface area contributed by atoms with Gasteiger partial charge in [0.1, 0.15) is 28.5 Å². The number of thiophene rings is 1. The third kappa shape index (κ3) is 3.17. The number of ether oxygens (including phenoxy) is 1. The van der Waals surface area contributed by atoms with Crippen molar-refractivity contribution in [3.63, 3.8) is 0 Å². The average Bonchev–Trinajstić information content (AvgIpc) is 3.27. The van der Waals surface area contributed by atoms with E-state index < -0.39 is 0 Å². The molecule has 0 fully saturated rings. The van der Waals surface area contributed by atoms with Gasteiger partial charge >= 0.3 is 0 Å². The number of benzene rings is 1. The van der Waals surface area contributed by atoms with Crippen molar-refractivity contribution >= 4 is 44.7 Å². The molecule has 0 aliphatic carbocycles. The van der Waals surface area contributed by atoms with E-state index in [9.17, 15) is 0 Å².